The molecule has 0 bridgehead atoms. The molecular formula is C17H17FN2O3. The molecule has 120 valence electrons. The van der Waals surface area contributed by atoms with E-state index in [1.165, 1.54) is 18.2 Å². The lowest BCUT2D eigenvalue weighted by Crippen LogP contribution is -2.28. The molecule has 1 N–H and O–H groups in total. The second-order valence-corrected chi connectivity index (χ2v) is 5.70. The van der Waals surface area contributed by atoms with Gasteiger partial charge in [0.1, 0.15) is 11.6 Å². The third-order valence-corrected chi connectivity index (χ3v) is 3.96. The van der Waals surface area contributed by atoms with Gasteiger partial charge in [0.05, 0.1) is 18.7 Å². The molecule has 5 nitrogen and oxygen atoms in total. The predicted octanol–water partition coefficient (Wildman–Crippen LogP) is 2.71. The molecule has 2 aromatic rings. The van der Waals surface area contributed by atoms with Crippen molar-refractivity contribution >= 4 is 17.5 Å². The third-order valence-electron chi connectivity index (χ3n) is 3.96. The van der Waals surface area contributed by atoms with Gasteiger partial charge in [-0.15, -0.1) is 0 Å². The Bertz CT molecular complexity index is 727. The van der Waals surface area contributed by atoms with Crippen LogP contribution in [-0.2, 0) is 16.1 Å². The second-order valence-electron chi connectivity index (χ2n) is 5.70. The van der Waals surface area contributed by atoms with E-state index in [0.717, 1.165) is 0 Å². The van der Waals surface area contributed by atoms with Crippen molar-refractivity contribution in [2.45, 2.75) is 19.9 Å². The summed E-state index contributed by atoms with van der Waals surface area (Å²) < 4.78 is 18.3. The molecule has 1 aliphatic heterocycles. The zero-order chi connectivity index (χ0) is 16.4. The standard InChI is InChI=1S/C17H17FN2O3/c1-11-7-13(18)4-5-15(11)19-17(22)12-8-16(21)20(9-12)10-14-3-2-6-23-14/h2-7,12H,8-10H2,1H3,(H,19,22)/t12-/m1/s1. The number of carbonyl (C=O) groups excluding carboxylic acids is 2. The second kappa shape index (κ2) is 6.24. The van der Waals surface area contributed by atoms with Crippen LogP contribution >= 0.6 is 0 Å². The van der Waals surface area contributed by atoms with Crippen LogP contribution in [-0.4, -0.2) is 23.3 Å². The van der Waals surface area contributed by atoms with Gasteiger partial charge in [-0.2, -0.15) is 0 Å². The molecule has 2 amide bonds. The number of hydrogen-bond acceptors (Lipinski definition) is 3. The number of anilines is 1. The van der Waals surface area contributed by atoms with Gasteiger partial charge in [0.15, 0.2) is 0 Å². The van der Waals surface area contributed by atoms with Crippen molar-refractivity contribution in [3.63, 3.8) is 0 Å². The summed E-state index contributed by atoms with van der Waals surface area (Å²) in [5, 5.41) is 2.77. The van der Waals surface area contributed by atoms with Crippen LogP contribution in [0.1, 0.15) is 17.7 Å². The molecule has 3 rings (SSSR count). The first-order chi connectivity index (χ1) is 11.0. The Balaban J connectivity index is 1.63. The highest BCUT2D eigenvalue weighted by Gasteiger charge is 2.34. The number of carbonyl (C=O) groups is 2. The van der Waals surface area contributed by atoms with Crippen molar-refractivity contribution in [1.82, 2.24) is 4.90 Å². The van der Waals surface area contributed by atoms with E-state index < -0.39 is 5.92 Å². The van der Waals surface area contributed by atoms with Gasteiger partial charge in [0, 0.05) is 18.7 Å². The van der Waals surface area contributed by atoms with Crippen LogP contribution in [0.5, 0.6) is 0 Å². The maximum Gasteiger partial charge on any atom is 0.229 e. The Labute approximate surface area is 133 Å². The molecule has 0 unspecified atom stereocenters. The molecule has 1 saturated heterocycles. The molecule has 23 heavy (non-hydrogen) atoms. The monoisotopic (exact) mass is 316 g/mol. The molecule has 0 aliphatic carbocycles. The van der Waals surface area contributed by atoms with E-state index in [4.69, 9.17) is 4.42 Å². The summed E-state index contributed by atoms with van der Waals surface area (Å²) in [5.74, 6) is -0.371. The Kier molecular flexibility index (Phi) is 4.14. The number of likely N-dealkylation sites (tertiary alicyclic amines) is 1. The fourth-order valence-corrected chi connectivity index (χ4v) is 2.69. The van der Waals surface area contributed by atoms with Crippen LogP contribution in [0.25, 0.3) is 0 Å². The summed E-state index contributed by atoms with van der Waals surface area (Å²) in [6, 6.07) is 7.74. The average molecular weight is 316 g/mol. The van der Waals surface area contributed by atoms with Crippen molar-refractivity contribution in [3.8, 4) is 0 Å². The van der Waals surface area contributed by atoms with Gasteiger partial charge >= 0.3 is 0 Å². The zero-order valence-corrected chi connectivity index (χ0v) is 12.7. The van der Waals surface area contributed by atoms with Gasteiger partial charge in [0.2, 0.25) is 11.8 Å². The largest absolute Gasteiger partial charge is 0.467 e. The van der Waals surface area contributed by atoms with E-state index in [1.54, 1.807) is 30.2 Å². The number of furan rings is 1. The van der Waals surface area contributed by atoms with Gasteiger partial charge in [-0.1, -0.05) is 0 Å². The number of benzene rings is 1. The lowest BCUT2D eigenvalue weighted by Gasteiger charge is -2.15. The Hall–Kier alpha value is -2.63. The highest BCUT2D eigenvalue weighted by molar-refractivity contribution is 5.97. The van der Waals surface area contributed by atoms with Crippen LogP contribution in [0, 0.1) is 18.7 Å². The highest BCUT2D eigenvalue weighted by Crippen LogP contribution is 2.23. The van der Waals surface area contributed by atoms with E-state index >= 15 is 0 Å². The minimum Gasteiger partial charge on any atom is -0.467 e. The summed E-state index contributed by atoms with van der Waals surface area (Å²) >= 11 is 0. The first-order valence-corrected chi connectivity index (χ1v) is 7.40. The molecule has 1 fully saturated rings. The number of hydrogen-bond donors (Lipinski definition) is 1. The van der Waals surface area contributed by atoms with Crippen molar-refractivity contribution in [3.05, 3.63) is 53.7 Å². The molecule has 2 heterocycles. The van der Waals surface area contributed by atoms with E-state index in [2.05, 4.69) is 5.32 Å². The number of amides is 2. The number of rotatable bonds is 4. The number of nitrogens with zero attached hydrogens (tertiary/aromatic N) is 1. The topological polar surface area (TPSA) is 62.6 Å². The van der Waals surface area contributed by atoms with Gasteiger partial charge < -0.3 is 14.6 Å². The molecule has 1 aromatic heterocycles. The van der Waals surface area contributed by atoms with Crippen LogP contribution < -0.4 is 5.32 Å². The molecule has 0 spiro atoms. The normalized spacial score (nSPS) is 17.6. The van der Waals surface area contributed by atoms with Gasteiger partial charge in [-0.05, 0) is 42.8 Å². The Morgan fingerprint density at radius 3 is 2.96 bits per heavy atom. The zero-order valence-electron chi connectivity index (χ0n) is 12.7. The predicted molar refractivity (Wildman–Crippen MR) is 82.0 cm³/mol. The van der Waals surface area contributed by atoms with E-state index in [9.17, 15) is 14.0 Å². The van der Waals surface area contributed by atoms with Crippen LogP contribution in [0.3, 0.4) is 0 Å². The average Bonchev–Trinajstić information content (AvgIpc) is 3.13. The molecule has 1 aliphatic rings. The molecule has 1 atom stereocenters. The fourth-order valence-electron chi connectivity index (χ4n) is 2.69. The third kappa shape index (κ3) is 3.41. The van der Waals surface area contributed by atoms with Crippen LogP contribution in [0.2, 0.25) is 0 Å². The first-order valence-electron chi connectivity index (χ1n) is 7.40. The van der Waals surface area contributed by atoms with Gasteiger partial charge in [0.25, 0.3) is 0 Å². The van der Waals surface area contributed by atoms with E-state index in [1.807, 2.05) is 0 Å². The molecule has 6 heteroatoms. The summed E-state index contributed by atoms with van der Waals surface area (Å²) in [7, 11) is 0. The molecule has 0 saturated carbocycles. The Morgan fingerprint density at radius 2 is 2.26 bits per heavy atom. The number of aryl methyl sites for hydroxylation is 1. The molecule has 1 aromatic carbocycles. The minimum atomic E-state index is -0.415. The summed E-state index contributed by atoms with van der Waals surface area (Å²) in [5.41, 5.74) is 1.21. The van der Waals surface area contributed by atoms with Crippen molar-refractivity contribution in [1.29, 1.82) is 0 Å². The lowest BCUT2D eigenvalue weighted by molar-refractivity contribution is -0.128. The van der Waals surface area contributed by atoms with Crippen LogP contribution in [0.15, 0.2) is 41.0 Å². The van der Waals surface area contributed by atoms with Gasteiger partial charge in [-0.3, -0.25) is 9.59 Å². The van der Waals surface area contributed by atoms with Crippen LogP contribution in [0.4, 0.5) is 10.1 Å². The van der Waals surface area contributed by atoms with Crippen molar-refractivity contribution in [2.75, 3.05) is 11.9 Å². The van der Waals surface area contributed by atoms with E-state index in [-0.39, 0.29) is 24.1 Å². The lowest BCUT2D eigenvalue weighted by atomic mass is 10.1. The smallest absolute Gasteiger partial charge is 0.229 e. The van der Waals surface area contributed by atoms with Crippen molar-refractivity contribution < 1.29 is 18.4 Å². The fraction of sp³-hybridized carbons (Fsp3) is 0.294. The quantitative estimate of drug-likeness (QED) is 0.943. The number of halogens is 1. The van der Waals surface area contributed by atoms with E-state index in [0.29, 0.717) is 30.1 Å². The summed E-state index contributed by atoms with van der Waals surface area (Å²) in [6.45, 7) is 2.44. The van der Waals surface area contributed by atoms with Gasteiger partial charge in [-0.25, -0.2) is 4.39 Å². The maximum absolute atomic E-state index is 13.1. The first kappa shape index (κ1) is 15.3. The number of nitrogens with one attached hydrogen (secondary N) is 1. The summed E-state index contributed by atoms with van der Waals surface area (Å²) in [6.07, 6.45) is 1.73. The molecule has 0 radical (unpaired) electrons. The highest BCUT2D eigenvalue weighted by atomic mass is 19.1. The maximum atomic E-state index is 13.1. The Morgan fingerprint density at radius 1 is 1.43 bits per heavy atom. The molecular weight excluding hydrogens is 299 g/mol. The summed E-state index contributed by atoms with van der Waals surface area (Å²) in [4.78, 5) is 26.0. The van der Waals surface area contributed by atoms with Crippen molar-refractivity contribution in [2.24, 2.45) is 5.92 Å². The SMILES string of the molecule is Cc1cc(F)ccc1NC(=O)[C@@H]1CC(=O)N(Cc2ccco2)C1. The minimum absolute atomic E-state index is 0.0719.